The maximum absolute atomic E-state index is 13.3. The highest BCUT2D eigenvalue weighted by molar-refractivity contribution is 5.87. The molecule has 0 radical (unpaired) electrons. The second kappa shape index (κ2) is 7.06. The number of aliphatic hydroxyl groups is 1. The molecule has 1 N–H and O–H groups in total. The molecule has 2 aliphatic rings. The van der Waals surface area contributed by atoms with Crippen LogP contribution in [0.4, 0.5) is 0 Å². The van der Waals surface area contributed by atoms with Crippen LogP contribution in [0.15, 0.2) is 0 Å². The number of fused-ring (bicyclic) bond motifs is 1. The first kappa shape index (κ1) is 19.9. The number of esters is 2. The van der Waals surface area contributed by atoms with Gasteiger partial charge in [-0.05, 0) is 38.5 Å². The van der Waals surface area contributed by atoms with E-state index in [1.807, 2.05) is 13.8 Å². The fraction of sp³-hybridized carbons (Fsp3) is 0.842. The van der Waals surface area contributed by atoms with Gasteiger partial charge in [-0.2, -0.15) is 0 Å². The molecule has 0 aromatic heterocycles. The molecule has 0 spiro atoms. The van der Waals surface area contributed by atoms with Crippen LogP contribution in [-0.2, 0) is 23.9 Å². The van der Waals surface area contributed by atoms with E-state index in [9.17, 15) is 19.5 Å². The van der Waals surface area contributed by atoms with Crippen molar-refractivity contribution < 1.29 is 29.0 Å². The van der Waals surface area contributed by atoms with Crippen LogP contribution in [0.25, 0.3) is 0 Å². The standard InChI is InChI=1S/C19H30O6/c1-11(10-24-12(2)20)14-6-8-18(4)15(25-13(3)21)7-9-19(5,23)17(18)16(14)22/h11,14-15,17,23H,6-10H2,1-5H3/t11-,14+,15-,17-,18+,19-/m1/s1. The van der Waals surface area contributed by atoms with E-state index < -0.39 is 16.9 Å². The third-order valence-electron chi connectivity index (χ3n) is 6.12. The first-order valence-corrected chi connectivity index (χ1v) is 9.05. The van der Waals surface area contributed by atoms with Crippen LogP contribution in [0.3, 0.4) is 0 Å². The van der Waals surface area contributed by atoms with Gasteiger partial charge in [-0.3, -0.25) is 14.4 Å². The van der Waals surface area contributed by atoms with Gasteiger partial charge in [0.1, 0.15) is 11.9 Å². The molecule has 25 heavy (non-hydrogen) atoms. The Morgan fingerprint density at radius 3 is 2.40 bits per heavy atom. The van der Waals surface area contributed by atoms with E-state index in [2.05, 4.69) is 0 Å². The maximum Gasteiger partial charge on any atom is 0.302 e. The second-order valence-corrected chi connectivity index (χ2v) is 8.26. The lowest BCUT2D eigenvalue weighted by Crippen LogP contribution is -2.62. The van der Waals surface area contributed by atoms with Crippen molar-refractivity contribution in [2.24, 2.45) is 23.2 Å². The van der Waals surface area contributed by atoms with Crippen molar-refractivity contribution in [2.45, 2.75) is 72.0 Å². The van der Waals surface area contributed by atoms with Gasteiger partial charge in [-0.1, -0.05) is 13.8 Å². The van der Waals surface area contributed by atoms with Gasteiger partial charge >= 0.3 is 11.9 Å². The lowest BCUT2D eigenvalue weighted by molar-refractivity contribution is -0.198. The molecule has 0 aliphatic heterocycles. The van der Waals surface area contributed by atoms with Gasteiger partial charge in [0, 0.05) is 25.2 Å². The van der Waals surface area contributed by atoms with Crippen LogP contribution >= 0.6 is 0 Å². The summed E-state index contributed by atoms with van der Waals surface area (Å²) in [5, 5.41) is 10.9. The van der Waals surface area contributed by atoms with Crippen molar-refractivity contribution in [2.75, 3.05) is 6.61 Å². The molecule has 2 saturated carbocycles. The minimum absolute atomic E-state index is 0.00439. The van der Waals surface area contributed by atoms with Gasteiger partial charge in [0.25, 0.3) is 0 Å². The Hall–Kier alpha value is -1.43. The Bertz CT molecular complexity index is 554. The number of Topliss-reactive ketones (excluding diaryl/α,β-unsaturated/α-hetero) is 1. The monoisotopic (exact) mass is 354 g/mol. The van der Waals surface area contributed by atoms with Gasteiger partial charge in [0.2, 0.25) is 0 Å². The molecular formula is C19H30O6. The lowest BCUT2D eigenvalue weighted by Gasteiger charge is -2.56. The zero-order valence-corrected chi connectivity index (χ0v) is 15.8. The van der Waals surface area contributed by atoms with Crippen molar-refractivity contribution in [3.05, 3.63) is 0 Å². The van der Waals surface area contributed by atoms with E-state index in [-0.39, 0.29) is 42.3 Å². The van der Waals surface area contributed by atoms with Gasteiger partial charge in [-0.15, -0.1) is 0 Å². The third-order valence-corrected chi connectivity index (χ3v) is 6.12. The number of ether oxygens (including phenoxy) is 2. The number of hydrogen-bond acceptors (Lipinski definition) is 6. The zero-order chi connectivity index (χ0) is 19.0. The van der Waals surface area contributed by atoms with Crippen LogP contribution in [0, 0.1) is 23.2 Å². The predicted molar refractivity (Wildman–Crippen MR) is 90.5 cm³/mol. The van der Waals surface area contributed by atoms with Crippen LogP contribution in [0.2, 0.25) is 0 Å². The van der Waals surface area contributed by atoms with Crippen molar-refractivity contribution in [1.29, 1.82) is 0 Å². The molecule has 142 valence electrons. The van der Waals surface area contributed by atoms with Crippen molar-refractivity contribution >= 4 is 17.7 Å². The number of carbonyl (C=O) groups is 3. The molecule has 2 rings (SSSR count). The maximum atomic E-state index is 13.3. The summed E-state index contributed by atoms with van der Waals surface area (Å²) >= 11 is 0. The normalized spacial score (nSPS) is 39.3. The predicted octanol–water partition coefficient (Wildman–Crippen LogP) is 2.26. The minimum Gasteiger partial charge on any atom is -0.466 e. The molecule has 0 heterocycles. The summed E-state index contributed by atoms with van der Waals surface area (Å²) in [5.41, 5.74) is -1.69. The van der Waals surface area contributed by atoms with Crippen LogP contribution in [0.5, 0.6) is 0 Å². The topological polar surface area (TPSA) is 89.9 Å². The summed E-state index contributed by atoms with van der Waals surface area (Å²) in [4.78, 5) is 35.8. The molecule has 0 aromatic rings. The van der Waals surface area contributed by atoms with Crippen molar-refractivity contribution in [1.82, 2.24) is 0 Å². The summed E-state index contributed by atoms with van der Waals surface area (Å²) in [5.74, 6) is -1.68. The highest BCUT2D eigenvalue weighted by atomic mass is 16.5. The van der Waals surface area contributed by atoms with E-state index in [0.717, 1.165) is 0 Å². The number of hydrogen-bond donors (Lipinski definition) is 1. The summed E-state index contributed by atoms with van der Waals surface area (Å²) in [7, 11) is 0. The highest BCUT2D eigenvalue weighted by Gasteiger charge is 2.61. The summed E-state index contributed by atoms with van der Waals surface area (Å²) in [6.07, 6.45) is 1.95. The van der Waals surface area contributed by atoms with E-state index in [4.69, 9.17) is 9.47 Å². The number of ketones is 1. The number of carbonyl (C=O) groups excluding carboxylic acids is 3. The fourth-order valence-electron chi connectivity index (χ4n) is 4.88. The first-order chi connectivity index (χ1) is 11.5. The van der Waals surface area contributed by atoms with Crippen LogP contribution in [-0.4, -0.2) is 41.1 Å². The van der Waals surface area contributed by atoms with E-state index in [1.54, 1.807) is 6.92 Å². The second-order valence-electron chi connectivity index (χ2n) is 8.26. The lowest BCUT2D eigenvalue weighted by atomic mass is 9.51. The molecule has 2 fully saturated rings. The minimum atomic E-state index is -1.12. The van der Waals surface area contributed by atoms with Crippen LogP contribution in [0.1, 0.15) is 60.3 Å². The molecule has 0 bridgehead atoms. The fourth-order valence-corrected chi connectivity index (χ4v) is 4.88. The van der Waals surface area contributed by atoms with Crippen molar-refractivity contribution in [3.63, 3.8) is 0 Å². The van der Waals surface area contributed by atoms with Gasteiger partial charge in [-0.25, -0.2) is 0 Å². The Kier molecular flexibility index (Phi) is 5.62. The molecular weight excluding hydrogens is 324 g/mol. The zero-order valence-electron chi connectivity index (χ0n) is 15.8. The van der Waals surface area contributed by atoms with Crippen molar-refractivity contribution in [3.8, 4) is 0 Å². The molecule has 6 atom stereocenters. The molecule has 0 unspecified atom stereocenters. The quantitative estimate of drug-likeness (QED) is 0.779. The highest BCUT2D eigenvalue weighted by Crippen LogP contribution is 2.55. The third kappa shape index (κ3) is 3.89. The molecule has 2 aliphatic carbocycles. The molecule has 0 aromatic carbocycles. The van der Waals surface area contributed by atoms with Gasteiger partial charge in [0.15, 0.2) is 0 Å². The number of rotatable bonds is 4. The van der Waals surface area contributed by atoms with Crippen LogP contribution < -0.4 is 0 Å². The SMILES string of the molecule is CC(=O)OC[C@@H](C)[C@@H]1CC[C@]2(C)[C@@H](C1=O)[C@](C)(O)CC[C@H]2OC(C)=O. The van der Waals surface area contributed by atoms with E-state index >= 15 is 0 Å². The van der Waals surface area contributed by atoms with Gasteiger partial charge < -0.3 is 14.6 Å². The summed E-state index contributed by atoms with van der Waals surface area (Å²) in [6.45, 7) is 8.47. The van der Waals surface area contributed by atoms with Gasteiger partial charge in [0.05, 0.1) is 18.1 Å². The Morgan fingerprint density at radius 1 is 1.20 bits per heavy atom. The first-order valence-electron chi connectivity index (χ1n) is 9.05. The smallest absolute Gasteiger partial charge is 0.302 e. The molecule has 0 amide bonds. The summed E-state index contributed by atoms with van der Waals surface area (Å²) < 4.78 is 10.6. The molecule has 0 saturated heterocycles. The van der Waals surface area contributed by atoms with E-state index in [0.29, 0.717) is 25.7 Å². The Morgan fingerprint density at radius 2 is 1.84 bits per heavy atom. The van der Waals surface area contributed by atoms with E-state index in [1.165, 1.54) is 13.8 Å². The average Bonchev–Trinajstić information content (AvgIpc) is 2.47. The largest absolute Gasteiger partial charge is 0.466 e. The Labute approximate surface area is 149 Å². The molecule has 6 nitrogen and oxygen atoms in total. The molecule has 6 heteroatoms. The summed E-state index contributed by atoms with van der Waals surface area (Å²) in [6, 6.07) is 0. The Balaban J connectivity index is 2.25. The average molecular weight is 354 g/mol.